The lowest BCUT2D eigenvalue weighted by molar-refractivity contribution is 0.251. The molecule has 3 aromatic heterocycles. The number of pyridine rings is 1. The van der Waals surface area contributed by atoms with Gasteiger partial charge in [-0.25, -0.2) is 14.8 Å². The second-order valence-corrected chi connectivity index (χ2v) is 7.84. The lowest BCUT2D eigenvalue weighted by Gasteiger charge is -2.18. The molecule has 0 radical (unpaired) electrons. The number of nitrogens with one attached hydrogen (secondary N) is 2. The molecular formula is C21H21N7OS. The fraction of sp³-hybridized carbons (Fsp3) is 0.190. The molecule has 0 fully saturated rings. The Morgan fingerprint density at radius 2 is 1.83 bits per heavy atom. The van der Waals surface area contributed by atoms with E-state index in [4.69, 9.17) is 4.98 Å². The van der Waals surface area contributed by atoms with E-state index in [0.29, 0.717) is 10.8 Å². The Hall–Kier alpha value is -3.59. The predicted molar refractivity (Wildman–Crippen MR) is 119 cm³/mol. The van der Waals surface area contributed by atoms with Crippen LogP contribution in [-0.4, -0.2) is 33.0 Å². The van der Waals surface area contributed by atoms with Crippen molar-refractivity contribution in [1.82, 2.24) is 25.3 Å². The van der Waals surface area contributed by atoms with Crippen molar-refractivity contribution in [3.63, 3.8) is 0 Å². The smallest absolute Gasteiger partial charge is 0.321 e. The van der Waals surface area contributed by atoms with Crippen LogP contribution in [0.15, 0.2) is 48.8 Å². The Bertz CT molecular complexity index is 1170. The second-order valence-electron chi connectivity index (χ2n) is 6.86. The van der Waals surface area contributed by atoms with Gasteiger partial charge in [-0.05, 0) is 38.1 Å². The van der Waals surface area contributed by atoms with Gasteiger partial charge in [0.05, 0.1) is 24.1 Å². The highest BCUT2D eigenvalue weighted by Crippen LogP contribution is 2.29. The molecule has 0 spiro atoms. The number of benzene rings is 1. The van der Waals surface area contributed by atoms with Crippen molar-refractivity contribution in [1.29, 1.82) is 0 Å². The van der Waals surface area contributed by atoms with Crippen LogP contribution in [0.1, 0.15) is 17.0 Å². The van der Waals surface area contributed by atoms with Gasteiger partial charge in [0.15, 0.2) is 5.13 Å². The second kappa shape index (κ2) is 8.42. The molecular weight excluding hydrogens is 398 g/mol. The minimum atomic E-state index is -0.353. The molecule has 3 heterocycles. The quantitative estimate of drug-likeness (QED) is 0.504. The number of nitrogens with zero attached hydrogens (tertiary/aromatic N) is 5. The maximum absolute atomic E-state index is 12.2. The summed E-state index contributed by atoms with van der Waals surface area (Å²) in [5.74, 6) is 0.809. The highest BCUT2D eigenvalue weighted by Gasteiger charge is 2.12. The molecule has 2 amide bonds. The van der Waals surface area contributed by atoms with Gasteiger partial charge in [-0.1, -0.05) is 29.0 Å². The van der Waals surface area contributed by atoms with E-state index in [2.05, 4.69) is 56.8 Å². The van der Waals surface area contributed by atoms with Crippen LogP contribution in [0.2, 0.25) is 0 Å². The zero-order chi connectivity index (χ0) is 21.1. The molecule has 2 N–H and O–H groups in total. The Morgan fingerprint density at radius 3 is 2.57 bits per heavy atom. The third-order valence-electron chi connectivity index (χ3n) is 4.49. The lowest BCUT2D eigenvalue weighted by atomic mass is 10.2. The van der Waals surface area contributed by atoms with Crippen LogP contribution < -0.4 is 15.5 Å². The van der Waals surface area contributed by atoms with Gasteiger partial charge in [0, 0.05) is 18.9 Å². The third-order valence-corrected chi connectivity index (χ3v) is 5.37. The number of hydrogen-bond donors (Lipinski definition) is 2. The van der Waals surface area contributed by atoms with E-state index >= 15 is 0 Å². The van der Waals surface area contributed by atoms with Gasteiger partial charge in [-0.3, -0.25) is 15.3 Å². The van der Waals surface area contributed by atoms with E-state index in [1.807, 2.05) is 31.0 Å². The average Bonchev–Trinajstić information content (AvgIpc) is 3.14. The van der Waals surface area contributed by atoms with Crippen molar-refractivity contribution < 1.29 is 4.79 Å². The van der Waals surface area contributed by atoms with E-state index < -0.39 is 0 Å². The van der Waals surface area contributed by atoms with Crippen molar-refractivity contribution in [3.05, 3.63) is 65.7 Å². The minimum Gasteiger partial charge on any atom is -0.332 e. The van der Waals surface area contributed by atoms with E-state index in [1.54, 1.807) is 12.4 Å². The van der Waals surface area contributed by atoms with Gasteiger partial charge in [-0.2, -0.15) is 0 Å². The Kier molecular flexibility index (Phi) is 5.53. The minimum absolute atomic E-state index is 0.285. The monoisotopic (exact) mass is 419 g/mol. The number of thiazole rings is 1. The number of carbonyl (C=O) groups is 1. The van der Waals surface area contributed by atoms with Crippen LogP contribution >= 0.6 is 11.3 Å². The summed E-state index contributed by atoms with van der Waals surface area (Å²) in [7, 11) is 1.97. The number of urea groups is 1. The van der Waals surface area contributed by atoms with Crippen molar-refractivity contribution in [2.75, 3.05) is 17.3 Å². The molecule has 4 aromatic rings. The first-order valence-corrected chi connectivity index (χ1v) is 10.2. The number of rotatable bonds is 5. The molecule has 0 unspecified atom stereocenters. The van der Waals surface area contributed by atoms with E-state index in [-0.39, 0.29) is 12.6 Å². The summed E-state index contributed by atoms with van der Waals surface area (Å²) in [5.41, 5.74) is 4.51. The molecule has 0 atom stereocenters. The van der Waals surface area contributed by atoms with Crippen LogP contribution in [0.4, 0.5) is 21.4 Å². The van der Waals surface area contributed by atoms with E-state index in [0.717, 1.165) is 27.5 Å². The maximum Gasteiger partial charge on any atom is 0.321 e. The molecule has 30 heavy (non-hydrogen) atoms. The first kappa shape index (κ1) is 19.7. The zero-order valence-electron chi connectivity index (χ0n) is 16.9. The molecule has 4 rings (SSSR count). The van der Waals surface area contributed by atoms with Gasteiger partial charge in [0.1, 0.15) is 16.2 Å². The molecule has 0 saturated heterocycles. The summed E-state index contributed by atoms with van der Waals surface area (Å²) >= 11 is 1.33. The van der Waals surface area contributed by atoms with Crippen LogP contribution in [0.3, 0.4) is 0 Å². The SMILES string of the molecule is Cc1ccc(N(C)c2ccc3nc(NC(=O)NCc4cnc(C)cn4)sc3n2)cc1. The largest absolute Gasteiger partial charge is 0.332 e. The van der Waals surface area contributed by atoms with Gasteiger partial charge in [-0.15, -0.1) is 0 Å². The molecule has 0 aliphatic carbocycles. The highest BCUT2D eigenvalue weighted by molar-refractivity contribution is 7.22. The van der Waals surface area contributed by atoms with Crippen molar-refractivity contribution in [2.45, 2.75) is 20.4 Å². The number of hydrogen-bond acceptors (Lipinski definition) is 7. The summed E-state index contributed by atoms with van der Waals surface area (Å²) in [6, 6.07) is 11.7. The molecule has 0 aliphatic rings. The zero-order valence-corrected chi connectivity index (χ0v) is 17.7. The third kappa shape index (κ3) is 4.52. The van der Waals surface area contributed by atoms with Crippen LogP contribution in [0, 0.1) is 13.8 Å². The first-order chi connectivity index (χ1) is 14.5. The number of amides is 2. The maximum atomic E-state index is 12.2. The average molecular weight is 420 g/mol. The Morgan fingerprint density at radius 1 is 1.03 bits per heavy atom. The van der Waals surface area contributed by atoms with E-state index in [9.17, 15) is 4.79 Å². The van der Waals surface area contributed by atoms with Crippen molar-refractivity contribution >= 4 is 44.4 Å². The Balaban J connectivity index is 1.43. The summed E-state index contributed by atoms with van der Waals surface area (Å²) in [6.45, 7) is 4.21. The molecule has 0 bridgehead atoms. The molecule has 9 heteroatoms. The van der Waals surface area contributed by atoms with Gasteiger partial charge >= 0.3 is 6.03 Å². The summed E-state index contributed by atoms with van der Waals surface area (Å²) < 4.78 is 0. The number of carbonyl (C=O) groups excluding carboxylic acids is 1. The van der Waals surface area contributed by atoms with Gasteiger partial charge in [0.2, 0.25) is 0 Å². The predicted octanol–water partition coefficient (Wildman–Crippen LogP) is 4.19. The van der Waals surface area contributed by atoms with Crippen molar-refractivity contribution in [3.8, 4) is 0 Å². The van der Waals surface area contributed by atoms with Crippen LogP contribution in [0.25, 0.3) is 10.3 Å². The van der Waals surface area contributed by atoms with Gasteiger partial charge in [0.25, 0.3) is 0 Å². The normalized spacial score (nSPS) is 10.8. The number of anilines is 3. The van der Waals surface area contributed by atoms with Gasteiger partial charge < -0.3 is 10.2 Å². The molecule has 0 aliphatic heterocycles. The summed E-state index contributed by atoms with van der Waals surface area (Å²) in [6.07, 6.45) is 3.31. The molecule has 1 aromatic carbocycles. The fourth-order valence-corrected chi connectivity index (χ4v) is 3.60. The summed E-state index contributed by atoms with van der Waals surface area (Å²) in [5, 5.41) is 5.99. The number of fused-ring (bicyclic) bond motifs is 1. The summed E-state index contributed by atoms with van der Waals surface area (Å²) in [4.78, 5) is 32.5. The molecule has 8 nitrogen and oxygen atoms in total. The molecule has 152 valence electrons. The lowest BCUT2D eigenvalue weighted by Crippen LogP contribution is -2.28. The first-order valence-electron chi connectivity index (χ1n) is 9.38. The van der Waals surface area contributed by atoms with Crippen LogP contribution in [0.5, 0.6) is 0 Å². The van der Waals surface area contributed by atoms with E-state index in [1.165, 1.54) is 16.9 Å². The highest BCUT2D eigenvalue weighted by atomic mass is 32.1. The Labute approximate surface area is 178 Å². The van der Waals surface area contributed by atoms with Crippen LogP contribution in [-0.2, 0) is 6.54 Å². The number of aryl methyl sites for hydroxylation is 2. The van der Waals surface area contributed by atoms with Crippen molar-refractivity contribution in [2.24, 2.45) is 0 Å². The molecule has 0 saturated carbocycles. The standard InChI is InChI=1S/C21H21N7OS/c1-13-4-6-16(7-5-13)28(3)18-9-8-17-19(26-18)30-21(25-17)27-20(29)24-12-15-11-22-14(2)10-23-15/h4-11H,12H2,1-3H3,(H2,24,25,27,29). The fourth-order valence-electron chi connectivity index (χ4n) is 2.77. The topological polar surface area (TPSA) is 95.9 Å². The number of aromatic nitrogens is 4.